The highest BCUT2D eigenvalue weighted by molar-refractivity contribution is 7.07. The maximum atomic E-state index is 12.1. The zero-order chi connectivity index (χ0) is 14.2. The van der Waals surface area contributed by atoms with Crippen molar-refractivity contribution >= 4 is 17.2 Å². The van der Waals surface area contributed by atoms with Crippen molar-refractivity contribution in [3.63, 3.8) is 0 Å². The van der Waals surface area contributed by atoms with Crippen LogP contribution in [-0.2, 0) is 6.54 Å². The molecule has 2 rings (SSSR count). The van der Waals surface area contributed by atoms with Gasteiger partial charge in [-0.25, -0.2) is 0 Å². The molecule has 0 radical (unpaired) electrons. The molecule has 0 saturated heterocycles. The number of amides is 1. The van der Waals surface area contributed by atoms with E-state index in [0.717, 1.165) is 5.56 Å². The molecule has 0 fully saturated rings. The Labute approximate surface area is 121 Å². The third-order valence-corrected chi connectivity index (χ3v) is 3.29. The number of carbonyl (C=O) groups is 1. The fourth-order valence-corrected chi connectivity index (χ4v) is 2.25. The molecule has 2 heterocycles. The lowest BCUT2D eigenvalue weighted by Crippen LogP contribution is -2.23. The van der Waals surface area contributed by atoms with Crippen LogP contribution in [0.3, 0.4) is 0 Å². The molecule has 0 atom stereocenters. The molecule has 5 heteroatoms. The SMILES string of the molecule is O=C(NCc1ccsc1)c1ccncc1C#CCCO. The highest BCUT2D eigenvalue weighted by atomic mass is 32.1. The average molecular weight is 286 g/mol. The van der Waals surface area contributed by atoms with E-state index < -0.39 is 0 Å². The molecule has 1 amide bonds. The summed E-state index contributed by atoms with van der Waals surface area (Å²) in [6.07, 6.45) is 3.51. The number of aromatic nitrogens is 1. The molecule has 20 heavy (non-hydrogen) atoms. The Morgan fingerprint density at radius 3 is 3.10 bits per heavy atom. The van der Waals surface area contributed by atoms with Crippen LogP contribution in [0.5, 0.6) is 0 Å². The van der Waals surface area contributed by atoms with Gasteiger partial charge in [0, 0.05) is 25.4 Å². The Bertz CT molecular complexity index is 627. The summed E-state index contributed by atoms with van der Waals surface area (Å²) in [7, 11) is 0. The lowest BCUT2D eigenvalue weighted by molar-refractivity contribution is 0.0950. The number of hydrogen-bond donors (Lipinski definition) is 2. The number of carbonyl (C=O) groups excluding carboxylic acids is 1. The molecule has 0 unspecified atom stereocenters. The van der Waals surface area contributed by atoms with Crippen molar-refractivity contribution in [2.75, 3.05) is 6.61 Å². The van der Waals surface area contributed by atoms with E-state index in [9.17, 15) is 4.79 Å². The summed E-state index contributed by atoms with van der Waals surface area (Å²) in [6.45, 7) is 0.501. The van der Waals surface area contributed by atoms with Crippen molar-refractivity contribution in [3.05, 3.63) is 52.0 Å². The van der Waals surface area contributed by atoms with Gasteiger partial charge in [0.2, 0.25) is 0 Å². The van der Waals surface area contributed by atoms with Gasteiger partial charge < -0.3 is 10.4 Å². The van der Waals surface area contributed by atoms with E-state index in [1.54, 1.807) is 29.8 Å². The molecule has 2 aromatic heterocycles. The van der Waals surface area contributed by atoms with E-state index in [-0.39, 0.29) is 12.5 Å². The number of hydrogen-bond acceptors (Lipinski definition) is 4. The first-order valence-corrected chi connectivity index (χ1v) is 7.08. The number of aliphatic hydroxyl groups excluding tert-OH is 1. The van der Waals surface area contributed by atoms with Gasteiger partial charge in [0.05, 0.1) is 17.7 Å². The predicted molar refractivity (Wildman–Crippen MR) is 78.3 cm³/mol. The van der Waals surface area contributed by atoms with Crippen LogP contribution in [0.1, 0.15) is 27.9 Å². The van der Waals surface area contributed by atoms with E-state index in [1.807, 2.05) is 16.8 Å². The molecule has 2 aromatic rings. The van der Waals surface area contributed by atoms with Gasteiger partial charge in [-0.3, -0.25) is 9.78 Å². The molecule has 102 valence electrons. The van der Waals surface area contributed by atoms with Crippen molar-refractivity contribution in [2.24, 2.45) is 0 Å². The number of nitrogens with one attached hydrogen (secondary N) is 1. The maximum Gasteiger partial charge on any atom is 0.252 e. The molecular weight excluding hydrogens is 272 g/mol. The van der Waals surface area contributed by atoms with E-state index in [2.05, 4.69) is 22.1 Å². The van der Waals surface area contributed by atoms with Gasteiger partial charge in [-0.1, -0.05) is 11.8 Å². The number of aliphatic hydroxyl groups is 1. The summed E-state index contributed by atoms with van der Waals surface area (Å²) in [5, 5.41) is 15.5. The summed E-state index contributed by atoms with van der Waals surface area (Å²) in [5.41, 5.74) is 2.15. The molecule has 0 aliphatic heterocycles. The van der Waals surface area contributed by atoms with Gasteiger partial charge in [0.25, 0.3) is 5.91 Å². The molecule has 0 aromatic carbocycles. The number of pyridine rings is 1. The second-order valence-corrected chi connectivity index (χ2v) is 4.79. The summed E-state index contributed by atoms with van der Waals surface area (Å²) in [5.74, 6) is 5.48. The first-order chi connectivity index (χ1) is 9.81. The topological polar surface area (TPSA) is 62.2 Å². The van der Waals surface area contributed by atoms with E-state index >= 15 is 0 Å². The zero-order valence-electron chi connectivity index (χ0n) is 10.8. The minimum absolute atomic E-state index is 0.00689. The summed E-state index contributed by atoms with van der Waals surface area (Å²) in [6, 6.07) is 3.62. The Morgan fingerprint density at radius 2 is 2.35 bits per heavy atom. The van der Waals surface area contributed by atoms with Crippen LogP contribution in [0.15, 0.2) is 35.3 Å². The minimum atomic E-state index is -0.174. The average Bonchev–Trinajstić information content (AvgIpc) is 2.99. The van der Waals surface area contributed by atoms with Crippen LogP contribution in [0.4, 0.5) is 0 Å². The fraction of sp³-hybridized carbons (Fsp3) is 0.200. The smallest absolute Gasteiger partial charge is 0.252 e. The third kappa shape index (κ3) is 3.92. The second-order valence-electron chi connectivity index (χ2n) is 4.01. The first-order valence-electron chi connectivity index (χ1n) is 6.14. The van der Waals surface area contributed by atoms with Gasteiger partial charge in [-0.2, -0.15) is 11.3 Å². The van der Waals surface area contributed by atoms with Gasteiger partial charge in [0.15, 0.2) is 0 Å². The minimum Gasteiger partial charge on any atom is -0.395 e. The lowest BCUT2D eigenvalue weighted by Gasteiger charge is -2.05. The Kier molecular flexibility index (Phi) is 5.30. The van der Waals surface area contributed by atoms with Crippen LogP contribution < -0.4 is 5.32 Å². The number of nitrogens with zero attached hydrogens (tertiary/aromatic N) is 1. The third-order valence-electron chi connectivity index (χ3n) is 2.56. The van der Waals surface area contributed by atoms with Gasteiger partial charge >= 0.3 is 0 Å². The van der Waals surface area contributed by atoms with Gasteiger partial charge in [-0.15, -0.1) is 0 Å². The first kappa shape index (κ1) is 14.3. The van der Waals surface area contributed by atoms with Crippen molar-refractivity contribution in [1.29, 1.82) is 0 Å². The molecule has 0 aliphatic rings. The van der Waals surface area contributed by atoms with Crippen molar-refractivity contribution in [2.45, 2.75) is 13.0 Å². The highest BCUT2D eigenvalue weighted by Gasteiger charge is 2.09. The molecule has 2 N–H and O–H groups in total. The fourth-order valence-electron chi connectivity index (χ4n) is 1.58. The van der Waals surface area contributed by atoms with Crippen LogP contribution in [0.25, 0.3) is 0 Å². The summed E-state index contributed by atoms with van der Waals surface area (Å²) >= 11 is 1.60. The Morgan fingerprint density at radius 1 is 1.45 bits per heavy atom. The second kappa shape index (κ2) is 7.43. The molecular formula is C15H14N2O2S. The zero-order valence-corrected chi connectivity index (χ0v) is 11.6. The summed E-state index contributed by atoms with van der Waals surface area (Å²) < 4.78 is 0. The van der Waals surface area contributed by atoms with E-state index in [4.69, 9.17) is 5.11 Å². The standard InChI is InChI=1S/C15H14N2O2S/c18-7-2-1-3-13-10-16-6-4-14(13)15(19)17-9-12-5-8-20-11-12/h4-6,8,10-11,18H,2,7,9H2,(H,17,19). The monoisotopic (exact) mass is 286 g/mol. The number of rotatable bonds is 4. The van der Waals surface area contributed by atoms with Crippen LogP contribution in [-0.4, -0.2) is 22.6 Å². The van der Waals surface area contributed by atoms with Gasteiger partial charge in [0.1, 0.15) is 0 Å². The van der Waals surface area contributed by atoms with Crippen LogP contribution in [0.2, 0.25) is 0 Å². The highest BCUT2D eigenvalue weighted by Crippen LogP contribution is 2.08. The molecule has 4 nitrogen and oxygen atoms in total. The summed E-state index contributed by atoms with van der Waals surface area (Å²) in [4.78, 5) is 16.1. The van der Waals surface area contributed by atoms with Crippen LogP contribution in [0, 0.1) is 11.8 Å². The van der Waals surface area contributed by atoms with E-state index in [0.29, 0.717) is 24.1 Å². The predicted octanol–water partition coefficient (Wildman–Crippen LogP) is 1.81. The lowest BCUT2D eigenvalue weighted by atomic mass is 10.1. The van der Waals surface area contributed by atoms with E-state index in [1.165, 1.54) is 0 Å². The molecule has 0 bridgehead atoms. The van der Waals surface area contributed by atoms with Crippen molar-refractivity contribution < 1.29 is 9.90 Å². The Balaban J connectivity index is 2.07. The van der Waals surface area contributed by atoms with Crippen LogP contribution >= 0.6 is 11.3 Å². The van der Waals surface area contributed by atoms with Gasteiger partial charge in [-0.05, 0) is 28.5 Å². The Hall–Kier alpha value is -2.16. The number of thiophene rings is 1. The molecule has 0 aliphatic carbocycles. The van der Waals surface area contributed by atoms with Crippen molar-refractivity contribution in [1.82, 2.24) is 10.3 Å². The normalized spacial score (nSPS) is 9.65. The largest absolute Gasteiger partial charge is 0.395 e. The quantitative estimate of drug-likeness (QED) is 0.843. The molecule has 0 saturated carbocycles. The molecule has 0 spiro atoms. The maximum absolute atomic E-state index is 12.1. The van der Waals surface area contributed by atoms with Crippen molar-refractivity contribution in [3.8, 4) is 11.8 Å².